The Morgan fingerprint density at radius 3 is 2.68 bits per heavy atom. The third-order valence-corrected chi connectivity index (χ3v) is 3.71. The highest BCUT2D eigenvalue weighted by Crippen LogP contribution is 2.19. The summed E-state index contributed by atoms with van der Waals surface area (Å²) in [7, 11) is 0. The van der Waals surface area contributed by atoms with Gasteiger partial charge in [0.1, 0.15) is 6.04 Å². The van der Waals surface area contributed by atoms with Crippen molar-refractivity contribution in [3.8, 4) is 0 Å². The zero-order chi connectivity index (χ0) is 14.3. The second kappa shape index (κ2) is 8.18. The van der Waals surface area contributed by atoms with Crippen molar-refractivity contribution >= 4 is 11.9 Å². The molecular weight excluding hydrogens is 242 g/mol. The van der Waals surface area contributed by atoms with Crippen molar-refractivity contribution in [2.45, 2.75) is 77.9 Å². The van der Waals surface area contributed by atoms with E-state index in [9.17, 15) is 9.59 Å². The predicted molar refractivity (Wildman–Crippen MR) is 74.7 cm³/mol. The van der Waals surface area contributed by atoms with Gasteiger partial charge in [0.05, 0.1) is 6.10 Å². The Balaban J connectivity index is 2.31. The van der Waals surface area contributed by atoms with Gasteiger partial charge in [-0.25, -0.2) is 4.79 Å². The molecule has 0 radical (unpaired) electrons. The number of rotatable bonds is 7. The molecule has 1 unspecified atom stereocenters. The number of carbonyl (C=O) groups excluding carboxylic acids is 2. The number of ether oxygens (including phenoxy) is 1. The van der Waals surface area contributed by atoms with E-state index in [0.29, 0.717) is 6.54 Å². The fourth-order valence-corrected chi connectivity index (χ4v) is 2.58. The zero-order valence-corrected chi connectivity index (χ0v) is 12.5. The fourth-order valence-electron chi connectivity index (χ4n) is 2.58. The van der Waals surface area contributed by atoms with Gasteiger partial charge in [-0.15, -0.1) is 0 Å². The second-order valence-corrected chi connectivity index (χ2v) is 5.47. The Morgan fingerprint density at radius 2 is 2.05 bits per heavy atom. The summed E-state index contributed by atoms with van der Waals surface area (Å²) >= 11 is 0. The van der Waals surface area contributed by atoms with E-state index in [-0.39, 0.29) is 24.0 Å². The molecular formula is C15H27NO3. The molecule has 0 aromatic rings. The molecule has 1 saturated heterocycles. The Kier molecular flexibility index (Phi) is 6.89. The van der Waals surface area contributed by atoms with Crippen LogP contribution in [0.3, 0.4) is 0 Å². The first-order chi connectivity index (χ1) is 9.06. The SMILES string of the molecule is CCCCCCC(C)OC(=O)[C@H]1CCCN1C(C)=O. The lowest BCUT2D eigenvalue weighted by Crippen LogP contribution is -2.41. The van der Waals surface area contributed by atoms with Gasteiger partial charge in [0.2, 0.25) is 5.91 Å². The largest absolute Gasteiger partial charge is 0.461 e. The lowest BCUT2D eigenvalue weighted by Gasteiger charge is -2.23. The highest BCUT2D eigenvalue weighted by molar-refractivity contribution is 5.84. The van der Waals surface area contributed by atoms with E-state index in [1.165, 1.54) is 26.2 Å². The first kappa shape index (κ1) is 16.0. The van der Waals surface area contributed by atoms with E-state index in [1.54, 1.807) is 4.90 Å². The van der Waals surface area contributed by atoms with E-state index in [0.717, 1.165) is 25.7 Å². The summed E-state index contributed by atoms with van der Waals surface area (Å²) < 4.78 is 5.46. The molecule has 0 saturated carbocycles. The quantitative estimate of drug-likeness (QED) is 0.527. The van der Waals surface area contributed by atoms with Gasteiger partial charge in [0.25, 0.3) is 0 Å². The zero-order valence-electron chi connectivity index (χ0n) is 12.5. The van der Waals surface area contributed by atoms with Crippen molar-refractivity contribution in [2.24, 2.45) is 0 Å². The van der Waals surface area contributed by atoms with Gasteiger partial charge in [-0.1, -0.05) is 26.2 Å². The first-order valence-corrected chi connectivity index (χ1v) is 7.54. The Bertz CT molecular complexity index is 304. The summed E-state index contributed by atoms with van der Waals surface area (Å²) in [6.45, 7) is 6.32. The molecule has 1 amide bonds. The molecule has 0 aromatic heterocycles. The van der Waals surface area contributed by atoms with Gasteiger partial charge in [-0.2, -0.15) is 0 Å². The van der Waals surface area contributed by atoms with E-state index in [1.807, 2.05) is 6.92 Å². The first-order valence-electron chi connectivity index (χ1n) is 7.54. The number of amides is 1. The van der Waals surface area contributed by atoms with Crippen LogP contribution in [0.15, 0.2) is 0 Å². The molecule has 1 aliphatic rings. The highest BCUT2D eigenvalue weighted by atomic mass is 16.5. The molecule has 0 bridgehead atoms. The van der Waals surface area contributed by atoms with Crippen LogP contribution >= 0.6 is 0 Å². The number of esters is 1. The van der Waals surface area contributed by atoms with E-state index >= 15 is 0 Å². The van der Waals surface area contributed by atoms with E-state index in [2.05, 4.69) is 6.92 Å². The number of hydrogen-bond donors (Lipinski definition) is 0. The Labute approximate surface area is 116 Å². The molecule has 0 aromatic carbocycles. The van der Waals surface area contributed by atoms with Crippen LogP contribution in [0.1, 0.15) is 65.7 Å². The van der Waals surface area contributed by atoms with Crippen molar-refractivity contribution in [1.82, 2.24) is 4.90 Å². The summed E-state index contributed by atoms with van der Waals surface area (Å²) in [5, 5.41) is 0. The van der Waals surface area contributed by atoms with Crippen LogP contribution in [-0.4, -0.2) is 35.5 Å². The van der Waals surface area contributed by atoms with Gasteiger partial charge < -0.3 is 9.64 Å². The maximum absolute atomic E-state index is 12.0. The average Bonchev–Trinajstić information content (AvgIpc) is 2.84. The minimum absolute atomic E-state index is 0.0324. The van der Waals surface area contributed by atoms with Crippen molar-refractivity contribution in [2.75, 3.05) is 6.54 Å². The van der Waals surface area contributed by atoms with Crippen LogP contribution in [0.25, 0.3) is 0 Å². The monoisotopic (exact) mass is 269 g/mol. The van der Waals surface area contributed by atoms with Crippen molar-refractivity contribution in [3.05, 3.63) is 0 Å². The van der Waals surface area contributed by atoms with E-state index in [4.69, 9.17) is 4.74 Å². The maximum atomic E-state index is 12.0. The second-order valence-electron chi connectivity index (χ2n) is 5.47. The Hall–Kier alpha value is -1.06. The van der Waals surface area contributed by atoms with Crippen LogP contribution in [0.5, 0.6) is 0 Å². The summed E-state index contributed by atoms with van der Waals surface area (Å²) in [5.74, 6) is -0.259. The highest BCUT2D eigenvalue weighted by Gasteiger charge is 2.34. The van der Waals surface area contributed by atoms with Crippen molar-refractivity contribution in [3.63, 3.8) is 0 Å². The minimum atomic E-state index is -0.351. The predicted octanol–water partition coefficient (Wildman–Crippen LogP) is 2.90. The van der Waals surface area contributed by atoms with Crippen LogP contribution in [0.2, 0.25) is 0 Å². The van der Waals surface area contributed by atoms with Crippen LogP contribution < -0.4 is 0 Å². The lowest BCUT2D eigenvalue weighted by atomic mass is 10.1. The third kappa shape index (κ3) is 5.21. The maximum Gasteiger partial charge on any atom is 0.329 e. The fraction of sp³-hybridized carbons (Fsp3) is 0.867. The smallest absolute Gasteiger partial charge is 0.329 e. The third-order valence-electron chi connectivity index (χ3n) is 3.71. The molecule has 0 aliphatic carbocycles. The molecule has 1 rings (SSSR count). The van der Waals surface area contributed by atoms with Crippen molar-refractivity contribution in [1.29, 1.82) is 0 Å². The van der Waals surface area contributed by atoms with Crippen molar-refractivity contribution < 1.29 is 14.3 Å². The summed E-state index contributed by atoms with van der Waals surface area (Å²) in [6, 6.07) is -0.351. The minimum Gasteiger partial charge on any atom is -0.461 e. The van der Waals surface area contributed by atoms with Gasteiger partial charge >= 0.3 is 5.97 Å². The Morgan fingerprint density at radius 1 is 1.32 bits per heavy atom. The van der Waals surface area contributed by atoms with Crippen LogP contribution in [-0.2, 0) is 14.3 Å². The molecule has 4 heteroatoms. The lowest BCUT2D eigenvalue weighted by molar-refractivity contribution is -0.157. The molecule has 1 heterocycles. The molecule has 19 heavy (non-hydrogen) atoms. The topological polar surface area (TPSA) is 46.6 Å². The molecule has 1 fully saturated rings. The molecule has 1 aliphatic heterocycles. The van der Waals surface area contributed by atoms with Gasteiger partial charge in [-0.3, -0.25) is 4.79 Å². The molecule has 110 valence electrons. The number of unbranched alkanes of at least 4 members (excludes halogenated alkanes) is 3. The van der Waals surface area contributed by atoms with Gasteiger partial charge in [0.15, 0.2) is 0 Å². The summed E-state index contributed by atoms with van der Waals surface area (Å²) in [6.07, 6.45) is 7.25. The number of carbonyl (C=O) groups is 2. The van der Waals surface area contributed by atoms with Crippen LogP contribution in [0, 0.1) is 0 Å². The van der Waals surface area contributed by atoms with Gasteiger partial charge in [0, 0.05) is 13.5 Å². The summed E-state index contributed by atoms with van der Waals surface area (Å²) in [5.41, 5.74) is 0. The van der Waals surface area contributed by atoms with Crippen LogP contribution in [0.4, 0.5) is 0 Å². The number of likely N-dealkylation sites (tertiary alicyclic amines) is 1. The number of hydrogen-bond acceptors (Lipinski definition) is 3. The molecule has 0 spiro atoms. The molecule has 2 atom stereocenters. The molecule has 0 N–H and O–H groups in total. The summed E-state index contributed by atoms with van der Waals surface area (Å²) in [4.78, 5) is 25.1. The molecule has 4 nitrogen and oxygen atoms in total. The standard InChI is InChI=1S/C15H27NO3/c1-4-5-6-7-9-12(2)19-15(18)14-10-8-11-16(14)13(3)17/h12,14H,4-11H2,1-3H3/t12?,14-/m1/s1. The number of nitrogens with zero attached hydrogens (tertiary/aromatic N) is 1. The van der Waals surface area contributed by atoms with Gasteiger partial charge in [-0.05, 0) is 32.6 Å². The average molecular weight is 269 g/mol. The van der Waals surface area contributed by atoms with E-state index < -0.39 is 0 Å². The normalized spacial score (nSPS) is 20.4.